The number of ketones is 2. The second-order valence-corrected chi connectivity index (χ2v) is 3.37. The van der Waals surface area contributed by atoms with Crippen molar-refractivity contribution in [3.63, 3.8) is 0 Å². The lowest BCUT2D eigenvalue weighted by Gasteiger charge is -2.03. The van der Waals surface area contributed by atoms with Gasteiger partial charge < -0.3 is 0 Å². The molecule has 1 rings (SSSR count). The van der Waals surface area contributed by atoms with E-state index in [0.29, 0.717) is 5.56 Å². The standard InChI is InChI=1S/C10H8ClFO2/c1-5-3-8(11)7(4-9(5)12)10(14)6(2)13/h3-4H,1-2H3. The van der Waals surface area contributed by atoms with E-state index in [4.69, 9.17) is 11.6 Å². The molecule has 0 aliphatic heterocycles. The van der Waals surface area contributed by atoms with Gasteiger partial charge >= 0.3 is 0 Å². The zero-order chi connectivity index (χ0) is 10.9. The maximum absolute atomic E-state index is 13.1. The van der Waals surface area contributed by atoms with Crippen molar-refractivity contribution in [2.75, 3.05) is 0 Å². The van der Waals surface area contributed by atoms with Crippen LogP contribution in [0.5, 0.6) is 0 Å². The summed E-state index contributed by atoms with van der Waals surface area (Å²) in [5, 5.41) is 0.101. The SMILES string of the molecule is CC(=O)C(=O)c1cc(F)c(C)cc1Cl. The van der Waals surface area contributed by atoms with E-state index in [2.05, 4.69) is 0 Å². The van der Waals surface area contributed by atoms with Gasteiger partial charge in [-0.15, -0.1) is 0 Å². The molecule has 0 heterocycles. The second kappa shape index (κ2) is 3.88. The highest BCUT2D eigenvalue weighted by Gasteiger charge is 2.16. The van der Waals surface area contributed by atoms with Crippen LogP contribution in [0.1, 0.15) is 22.8 Å². The monoisotopic (exact) mass is 214 g/mol. The minimum Gasteiger partial charge on any atom is -0.291 e. The molecule has 14 heavy (non-hydrogen) atoms. The van der Waals surface area contributed by atoms with Crippen molar-refractivity contribution >= 4 is 23.2 Å². The lowest BCUT2D eigenvalue weighted by Crippen LogP contribution is -2.11. The van der Waals surface area contributed by atoms with Crippen molar-refractivity contribution in [2.24, 2.45) is 0 Å². The summed E-state index contributed by atoms with van der Waals surface area (Å²) in [4.78, 5) is 22.0. The van der Waals surface area contributed by atoms with E-state index < -0.39 is 17.4 Å². The van der Waals surface area contributed by atoms with Crippen molar-refractivity contribution in [3.8, 4) is 0 Å². The highest BCUT2D eigenvalue weighted by molar-refractivity contribution is 6.47. The summed E-state index contributed by atoms with van der Waals surface area (Å²) < 4.78 is 13.1. The van der Waals surface area contributed by atoms with Crippen LogP contribution in [0.2, 0.25) is 5.02 Å². The number of rotatable bonds is 2. The molecule has 2 nitrogen and oxygen atoms in total. The Balaban J connectivity index is 3.29. The zero-order valence-electron chi connectivity index (χ0n) is 7.73. The molecule has 4 heteroatoms. The maximum atomic E-state index is 13.1. The molecule has 0 aliphatic carbocycles. The molecular formula is C10H8ClFO2. The number of benzene rings is 1. The molecule has 0 unspecified atom stereocenters. The van der Waals surface area contributed by atoms with Crippen molar-refractivity contribution in [2.45, 2.75) is 13.8 Å². The lowest BCUT2D eigenvalue weighted by molar-refractivity contribution is -0.113. The van der Waals surface area contributed by atoms with E-state index in [1.165, 1.54) is 13.0 Å². The van der Waals surface area contributed by atoms with E-state index in [0.717, 1.165) is 13.0 Å². The molecule has 0 aromatic heterocycles. The molecular weight excluding hydrogens is 207 g/mol. The van der Waals surface area contributed by atoms with Gasteiger partial charge in [0.2, 0.25) is 5.78 Å². The van der Waals surface area contributed by atoms with Gasteiger partial charge in [0, 0.05) is 12.5 Å². The molecule has 0 spiro atoms. The number of hydrogen-bond donors (Lipinski definition) is 0. The molecule has 0 saturated carbocycles. The molecule has 0 aliphatic rings. The fraction of sp³-hybridized carbons (Fsp3) is 0.200. The second-order valence-electron chi connectivity index (χ2n) is 2.97. The first-order valence-electron chi connectivity index (χ1n) is 3.94. The third kappa shape index (κ3) is 1.99. The highest BCUT2D eigenvalue weighted by atomic mass is 35.5. The molecule has 0 N–H and O–H groups in total. The molecule has 0 saturated heterocycles. The van der Waals surface area contributed by atoms with Gasteiger partial charge in [0.1, 0.15) is 5.82 Å². The summed E-state index contributed by atoms with van der Waals surface area (Å²) in [6, 6.07) is 2.31. The Kier molecular flexibility index (Phi) is 3.01. The largest absolute Gasteiger partial charge is 0.291 e. The van der Waals surface area contributed by atoms with Crippen LogP contribution in [0.4, 0.5) is 4.39 Å². The van der Waals surface area contributed by atoms with Crippen molar-refractivity contribution in [1.29, 1.82) is 0 Å². The third-order valence-electron chi connectivity index (χ3n) is 1.81. The number of Topliss-reactive ketones (excluding diaryl/α,β-unsaturated/α-hetero) is 2. The number of carbonyl (C=O) groups excluding carboxylic acids is 2. The van der Waals surface area contributed by atoms with Gasteiger partial charge in [-0.1, -0.05) is 11.6 Å². The van der Waals surface area contributed by atoms with Gasteiger partial charge in [-0.2, -0.15) is 0 Å². The van der Waals surface area contributed by atoms with Crippen LogP contribution in [0.25, 0.3) is 0 Å². The predicted octanol–water partition coefficient (Wildman–Crippen LogP) is 2.56. The first-order valence-corrected chi connectivity index (χ1v) is 4.32. The van der Waals surface area contributed by atoms with Crippen LogP contribution in [0, 0.1) is 12.7 Å². The maximum Gasteiger partial charge on any atom is 0.229 e. The molecule has 0 amide bonds. The third-order valence-corrected chi connectivity index (χ3v) is 2.13. The normalized spacial score (nSPS) is 10.0. The predicted molar refractivity (Wildman–Crippen MR) is 51.2 cm³/mol. The van der Waals surface area contributed by atoms with Gasteiger partial charge in [0.25, 0.3) is 0 Å². The zero-order valence-corrected chi connectivity index (χ0v) is 8.48. The van der Waals surface area contributed by atoms with Gasteiger partial charge in [0.15, 0.2) is 5.78 Å². The number of halogens is 2. The van der Waals surface area contributed by atoms with Crippen LogP contribution in [-0.2, 0) is 4.79 Å². The fourth-order valence-corrected chi connectivity index (χ4v) is 1.31. The Morgan fingerprint density at radius 2 is 1.93 bits per heavy atom. The minimum absolute atomic E-state index is 0.0812. The lowest BCUT2D eigenvalue weighted by atomic mass is 10.1. The first kappa shape index (κ1) is 10.9. The van der Waals surface area contributed by atoms with Gasteiger partial charge in [-0.25, -0.2) is 4.39 Å². The summed E-state index contributed by atoms with van der Waals surface area (Å²) >= 11 is 5.70. The Morgan fingerprint density at radius 3 is 2.43 bits per heavy atom. The van der Waals surface area contributed by atoms with Gasteiger partial charge in [-0.05, 0) is 24.6 Å². The van der Waals surface area contributed by atoms with E-state index >= 15 is 0 Å². The highest BCUT2D eigenvalue weighted by Crippen LogP contribution is 2.21. The van der Waals surface area contributed by atoms with Crippen LogP contribution in [-0.4, -0.2) is 11.6 Å². The number of aryl methyl sites for hydroxylation is 1. The molecule has 1 aromatic rings. The minimum atomic E-state index is -0.770. The van der Waals surface area contributed by atoms with Crippen molar-refractivity contribution in [1.82, 2.24) is 0 Å². The van der Waals surface area contributed by atoms with E-state index in [9.17, 15) is 14.0 Å². The van der Waals surface area contributed by atoms with Gasteiger partial charge in [0.05, 0.1) is 5.02 Å². The first-order chi connectivity index (χ1) is 6.43. The summed E-state index contributed by atoms with van der Waals surface area (Å²) in [6.45, 7) is 2.65. The van der Waals surface area contributed by atoms with Crippen LogP contribution in [0.15, 0.2) is 12.1 Å². The molecule has 0 radical (unpaired) electrons. The van der Waals surface area contributed by atoms with Crippen LogP contribution < -0.4 is 0 Å². The van der Waals surface area contributed by atoms with Crippen molar-refractivity contribution in [3.05, 3.63) is 34.1 Å². The smallest absolute Gasteiger partial charge is 0.229 e. The topological polar surface area (TPSA) is 34.1 Å². The number of hydrogen-bond acceptors (Lipinski definition) is 2. The Bertz CT molecular complexity index is 413. The van der Waals surface area contributed by atoms with Crippen LogP contribution >= 0.6 is 11.6 Å². The summed E-state index contributed by atoms with van der Waals surface area (Å²) in [5.74, 6) is -1.97. The number of carbonyl (C=O) groups is 2. The Morgan fingerprint density at radius 1 is 1.36 bits per heavy atom. The Labute approximate surface area is 85.7 Å². The average Bonchev–Trinajstić information content (AvgIpc) is 2.10. The molecule has 0 bridgehead atoms. The van der Waals surface area contributed by atoms with E-state index in [-0.39, 0.29) is 10.6 Å². The van der Waals surface area contributed by atoms with Crippen molar-refractivity contribution < 1.29 is 14.0 Å². The average molecular weight is 215 g/mol. The van der Waals surface area contributed by atoms with Gasteiger partial charge in [-0.3, -0.25) is 9.59 Å². The summed E-state index contributed by atoms with van der Waals surface area (Å²) in [6.07, 6.45) is 0. The fourth-order valence-electron chi connectivity index (χ4n) is 1.01. The molecule has 0 fully saturated rings. The summed E-state index contributed by atoms with van der Waals surface area (Å²) in [7, 11) is 0. The summed E-state index contributed by atoms with van der Waals surface area (Å²) in [5.41, 5.74) is 0.261. The molecule has 74 valence electrons. The van der Waals surface area contributed by atoms with E-state index in [1.54, 1.807) is 0 Å². The van der Waals surface area contributed by atoms with E-state index in [1.807, 2.05) is 0 Å². The quantitative estimate of drug-likeness (QED) is 0.560. The van der Waals surface area contributed by atoms with Crippen LogP contribution in [0.3, 0.4) is 0 Å². The molecule has 0 atom stereocenters. The molecule has 1 aromatic carbocycles. The Hall–Kier alpha value is -1.22.